The Balaban J connectivity index is 0.00000288. The molecule has 20 nitrogen and oxygen atoms in total. The summed E-state index contributed by atoms with van der Waals surface area (Å²) in [6, 6.07) is 0. The van der Waals surface area contributed by atoms with Crippen LogP contribution in [0, 0.1) is 0 Å². The van der Waals surface area contributed by atoms with Gasteiger partial charge in [-0.25, -0.2) is 19.3 Å². The van der Waals surface area contributed by atoms with Crippen LogP contribution in [0.15, 0.2) is 36.7 Å². The third-order valence-corrected chi connectivity index (χ3v) is 9.53. The molecule has 5 heterocycles. The van der Waals surface area contributed by atoms with E-state index in [0.717, 1.165) is 6.33 Å². The smallest absolute Gasteiger partial charge is 0.756 e. The predicted molar refractivity (Wildman–Crippen MR) is 139 cm³/mol. The Labute approximate surface area is 305 Å². The van der Waals surface area contributed by atoms with E-state index in [2.05, 4.69) is 28.3 Å². The second-order valence-electron chi connectivity index (χ2n) is 9.99. The van der Waals surface area contributed by atoms with Gasteiger partial charge >= 0.3 is 59.1 Å². The van der Waals surface area contributed by atoms with Gasteiger partial charge in [-0.3, -0.25) is 18.5 Å². The Bertz CT molecular complexity index is 1570. The van der Waals surface area contributed by atoms with Gasteiger partial charge in [-0.2, -0.15) is 0 Å². The summed E-state index contributed by atoms with van der Waals surface area (Å²) in [7, 11) is -11.3. The van der Waals surface area contributed by atoms with Crippen LogP contribution in [-0.4, -0.2) is 107 Å². The van der Waals surface area contributed by atoms with Crippen LogP contribution in [0.3, 0.4) is 0 Å². The fourth-order valence-electron chi connectivity index (χ4n) is 4.74. The molecular weight excluding hydrogens is 680 g/mol. The molecule has 2 aromatic rings. The molecule has 2 saturated heterocycles. The van der Waals surface area contributed by atoms with Crippen LogP contribution in [0.5, 0.6) is 0 Å². The molecule has 0 bridgehead atoms. The number of hydrogen-bond acceptors (Lipinski definition) is 19. The largest absolute Gasteiger partial charge is 1.00 e. The number of aliphatic hydroxyl groups excluding tert-OH is 4. The van der Waals surface area contributed by atoms with Gasteiger partial charge in [0.05, 0.1) is 19.5 Å². The van der Waals surface area contributed by atoms with Crippen molar-refractivity contribution in [2.24, 2.45) is 0 Å². The molecule has 0 radical (unpaired) electrons. The molecule has 0 spiro atoms. The standard InChI is InChI=1S/C22H30N6O14P2.2Na/c1-10(29)11-3-2-4-27(5-11)21-17(32)15(30)12(40-21)6-38-43(34,35)42-44(36,37)39-7-13-16(31)18(33)22(41-13)28-9-26-14-19(23)24-8-25-20(14)28;;/h2,4-5,8-9,12-13,15-18,21-22,30-33H,3,6-7H2,1H3,(H,34,35)(H,36,37)(H2,23,24,25);;/q;2*+1/p-2/t12-,13-,15-,16-,17-,18-,21-,22-;;/m1../s1. The Kier molecular flexibility index (Phi) is 13.7. The van der Waals surface area contributed by atoms with Crippen LogP contribution >= 0.6 is 15.6 Å². The summed E-state index contributed by atoms with van der Waals surface area (Å²) >= 11 is 0. The molecule has 0 aromatic carbocycles. The number of ether oxygens (including phenoxy) is 2. The monoisotopic (exact) mass is 708 g/mol. The van der Waals surface area contributed by atoms with Crippen molar-refractivity contribution in [3.63, 3.8) is 0 Å². The Morgan fingerprint density at radius 3 is 2.13 bits per heavy atom. The molecule has 2 aromatic heterocycles. The second-order valence-corrected chi connectivity index (χ2v) is 12.9. The van der Waals surface area contributed by atoms with Crippen molar-refractivity contribution in [3.05, 3.63) is 36.7 Å². The fraction of sp³-hybridized carbons (Fsp3) is 0.545. The first-order valence-electron chi connectivity index (χ1n) is 12.9. The van der Waals surface area contributed by atoms with Gasteiger partial charge in [0.15, 0.2) is 29.7 Å². The van der Waals surface area contributed by atoms with Gasteiger partial charge in [0.1, 0.15) is 48.5 Å². The average Bonchev–Trinajstić information content (AvgIpc) is 3.61. The van der Waals surface area contributed by atoms with E-state index in [-0.39, 0.29) is 81.9 Å². The molecule has 0 saturated carbocycles. The number of ketones is 1. The zero-order chi connectivity index (χ0) is 32.0. The molecule has 0 aliphatic carbocycles. The third kappa shape index (κ3) is 8.72. The summed E-state index contributed by atoms with van der Waals surface area (Å²) in [5.74, 6) is -0.182. The number of hydrogen-bond donors (Lipinski definition) is 5. The minimum absolute atomic E-state index is 0. The number of phosphoric acid groups is 2. The zero-order valence-corrected chi connectivity index (χ0v) is 30.5. The Morgan fingerprint density at radius 2 is 1.54 bits per heavy atom. The summed E-state index contributed by atoms with van der Waals surface area (Å²) in [5.41, 5.74) is 6.47. The number of rotatable bonds is 11. The maximum Gasteiger partial charge on any atom is 1.00 e. The number of carbonyl (C=O) groups is 1. The first-order valence-corrected chi connectivity index (χ1v) is 15.8. The number of nitrogen functional groups attached to an aromatic ring is 1. The normalized spacial score (nSPS) is 31.9. The topological polar surface area (TPSA) is 297 Å². The van der Waals surface area contributed by atoms with Crippen molar-refractivity contribution in [1.29, 1.82) is 0 Å². The molecule has 2 unspecified atom stereocenters. The maximum absolute atomic E-state index is 12.3. The summed E-state index contributed by atoms with van der Waals surface area (Å²) in [5, 5.41) is 41.6. The minimum atomic E-state index is -5.67. The van der Waals surface area contributed by atoms with Crippen LogP contribution in [0.2, 0.25) is 0 Å². The van der Waals surface area contributed by atoms with Crippen LogP contribution in [-0.2, 0) is 36.8 Å². The van der Waals surface area contributed by atoms with E-state index in [1.807, 2.05) is 0 Å². The van der Waals surface area contributed by atoms with Crippen LogP contribution in [0.4, 0.5) is 5.82 Å². The Hall–Kier alpha value is -0.680. The van der Waals surface area contributed by atoms with Gasteiger partial charge in [-0.15, -0.1) is 0 Å². The summed E-state index contributed by atoms with van der Waals surface area (Å²) in [6.07, 6.45) is -4.74. The van der Waals surface area contributed by atoms with Crippen molar-refractivity contribution < 1.29 is 126 Å². The van der Waals surface area contributed by atoms with Gasteiger partial charge in [-0.1, -0.05) is 6.08 Å². The fourth-order valence-corrected chi connectivity index (χ4v) is 6.75. The number of aliphatic hydroxyl groups is 4. The minimum Gasteiger partial charge on any atom is -0.756 e. The Morgan fingerprint density at radius 1 is 0.978 bits per heavy atom. The third-order valence-electron chi connectivity index (χ3n) is 7.00. The van der Waals surface area contributed by atoms with E-state index < -0.39 is 77.9 Å². The van der Waals surface area contributed by atoms with Gasteiger partial charge in [0.2, 0.25) is 0 Å². The molecule has 5 rings (SSSR count). The van der Waals surface area contributed by atoms with Gasteiger partial charge in [0, 0.05) is 18.0 Å². The van der Waals surface area contributed by atoms with Crippen molar-refractivity contribution in [2.45, 2.75) is 62.4 Å². The number of nitrogens with zero attached hydrogens (tertiary/aromatic N) is 5. The number of carbonyl (C=O) groups excluding carboxylic acids is 1. The maximum atomic E-state index is 12.3. The number of aromatic nitrogens is 4. The second kappa shape index (κ2) is 15.9. The molecule has 242 valence electrons. The van der Waals surface area contributed by atoms with Gasteiger partial charge in [-0.05, 0) is 13.3 Å². The van der Waals surface area contributed by atoms with Crippen molar-refractivity contribution in [3.8, 4) is 0 Å². The van der Waals surface area contributed by atoms with E-state index in [9.17, 15) is 44.1 Å². The molecule has 10 atom stereocenters. The average molecular weight is 708 g/mol. The SMILES string of the molecule is CC(=O)C1=CN([C@@H]2O[C@H](COP(=O)([O-])OP(=O)([O-])OC[C@H]3O[C@@H](n4cnc5c(N)ncnc54)[C@H](O)[C@@H]3O)[C@@H](O)[C@H]2O)C=CC1.[Na+].[Na+]. The molecule has 0 amide bonds. The van der Waals surface area contributed by atoms with Crippen LogP contribution < -0.4 is 74.6 Å². The number of Topliss-reactive ketones (excluding diaryl/α,β-unsaturated/α-hetero) is 1. The van der Waals surface area contributed by atoms with Crippen LogP contribution in [0.1, 0.15) is 19.6 Å². The molecule has 46 heavy (non-hydrogen) atoms. The van der Waals surface area contributed by atoms with Crippen molar-refractivity contribution in [1.82, 2.24) is 24.4 Å². The number of nitrogens with two attached hydrogens (primary N) is 1. The van der Waals surface area contributed by atoms with E-state index >= 15 is 0 Å². The van der Waals surface area contributed by atoms with Crippen molar-refractivity contribution >= 4 is 38.4 Å². The van der Waals surface area contributed by atoms with Gasteiger partial charge in [0.25, 0.3) is 15.6 Å². The molecule has 24 heteroatoms. The summed E-state index contributed by atoms with van der Waals surface area (Å²) in [6.45, 7) is -0.581. The number of allylic oxidation sites excluding steroid dienone is 2. The molecule has 3 aliphatic rings. The molecular formula is C22H28N6Na2O14P2. The molecule has 3 aliphatic heterocycles. The first kappa shape index (κ1) is 39.8. The number of phosphoric ester groups is 2. The quantitative estimate of drug-likeness (QED) is 0.107. The predicted octanol–water partition coefficient (Wildman–Crippen LogP) is -8.84. The summed E-state index contributed by atoms with van der Waals surface area (Å²) < 4.78 is 50.0. The van der Waals surface area contributed by atoms with Crippen molar-refractivity contribution in [2.75, 3.05) is 18.9 Å². The summed E-state index contributed by atoms with van der Waals surface area (Å²) in [4.78, 5) is 49.4. The van der Waals surface area contributed by atoms with E-state index in [4.69, 9.17) is 15.2 Å². The van der Waals surface area contributed by atoms with Gasteiger partial charge < -0.3 is 59.4 Å². The first-order chi connectivity index (χ1) is 20.7. The van der Waals surface area contributed by atoms with Crippen LogP contribution in [0.25, 0.3) is 11.2 Å². The zero-order valence-electron chi connectivity index (χ0n) is 24.7. The molecule has 6 N–H and O–H groups in total. The van der Waals surface area contributed by atoms with E-state index in [1.165, 1.54) is 35.1 Å². The number of fused-ring (bicyclic) bond motifs is 1. The number of anilines is 1. The molecule has 2 fully saturated rings. The van der Waals surface area contributed by atoms with E-state index in [1.54, 1.807) is 6.08 Å². The van der Waals surface area contributed by atoms with E-state index in [0.29, 0.717) is 12.0 Å². The number of imidazole rings is 1.